The fraction of sp³-hybridized carbons (Fsp3) is 0.600. The summed E-state index contributed by atoms with van der Waals surface area (Å²) in [6.07, 6.45) is 1.43. The molecule has 1 aromatic rings. The minimum Gasteiger partial charge on any atom is -0.371 e. The van der Waals surface area contributed by atoms with Gasteiger partial charge in [0.1, 0.15) is 0 Å². The molecule has 0 spiro atoms. The number of hydrogen-bond donors (Lipinski definition) is 1. The third kappa shape index (κ3) is 2.19. The Bertz CT molecular complexity index is 401. The summed E-state index contributed by atoms with van der Waals surface area (Å²) in [4.78, 5) is 2.61. The van der Waals surface area contributed by atoms with E-state index in [0.29, 0.717) is 0 Å². The average Bonchev–Trinajstić information content (AvgIpc) is 2.28. The molecule has 0 amide bonds. The third-order valence-electron chi connectivity index (χ3n) is 4.18. The first-order valence-corrected chi connectivity index (χ1v) is 6.75. The molecule has 2 fully saturated rings. The van der Waals surface area contributed by atoms with Gasteiger partial charge in [0, 0.05) is 18.8 Å². The van der Waals surface area contributed by atoms with Crippen LogP contribution in [0.1, 0.15) is 17.5 Å². The molecule has 3 rings (SSSR count). The molecule has 2 bridgehead atoms. The van der Waals surface area contributed by atoms with Gasteiger partial charge in [-0.1, -0.05) is 17.7 Å². The van der Waals surface area contributed by atoms with Gasteiger partial charge in [0.25, 0.3) is 0 Å². The van der Waals surface area contributed by atoms with Crippen molar-refractivity contribution in [1.82, 2.24) is 5.32 Å². The highest BCUT2D eigenvalue weighted by Crippen LogP contribution is 2.30. The van der Waals surface area contributed by atoms with Crippen molar-refractivity contribution >= 4 is 5.69 Å². The quantitative estimate of drug-likeness (QED) is 0.796. The Morgan fingerprint density at radius 2 is 1.82 bits per heavy atom. The van der Waals surface area contributed by atoms with Gasteiger partial charge in [-0.25, -0.2) is 0 Å². The van der Waals surface area contributed by atoms with Crippen LogP contribution in [0, 0.1) is 25.7 Å². The van der Waals surface area contributed by atoms with Crippen molar-refractivity contribution in [2.24, 2.45) is 11.8 Å². The highest BCUT2D eigenvalue weighted by molar-refractivity contribution is 5.54. The number of rotatable bonds is 1. The average molecular weight is 230 g/mol. The van der Waals surface area contributed by atoms with E-state index in [0.717, 1.165) is 11.8 Å². The van der Waals surface area contributed by atoms with E-state index in [1.165, 1.54) is 49.4 Å². The summed E-state index contributed by atoms with van der Waals surface area (Å²) < 4.78 is 0. The smallest absolute Gasteiger partial charge is 0.0396 e. The van der Waals surface area contributed by atoms with E-state index in [1.807, 2.05) is 0 Å². The van der Waals surface area contributed by atoms with Crippen molar-refractivity contribution in [2.75, 3.05) is 31.1 Å². The lowest BCUT2D eigenvalue weighted by Crippen LogP contribution is -2.51. The maximum absolute atomic E-state index is 3.56. The Morgan fingerprint density at radius 3 is 2.47 bits per heavy atom. The van der Waals surface area contributed by atoms with Gasteiger partial charge < -0.3 is 10.2 Å². The van der Waals surface area contributed by atoms with Crippen molar-refractivity contribution in [2.45, 2.75) is 20.3 Å². The first-order chi connectivity index (χ1) is 8.22. The molecule has 1 aromatic carbocycles. The number of nitrogens with zero attached hydrogens (tertiary/aromatic N) is 1. The number of hydrogen-bond acceptors (Lipinski definition) is 2. The fourth-order valence-corrected chi connectivity index (χ4v) is 3.46. The van der Waals surface area contributed by atoms with E-state index < -0.39 is 0 Å². The molecular weight excluding hydrogens is 208 g/mol. The highest BCUT2D eigenvalue weighted by Gasteiger charge is 2.30. The first-order valence-electron chi connectivity index (χ1n) is 6.75. The second kappa shape index (κ2) is 4.34. The van der Waals surface area contributed by atoms with Crippen LogP contribution < -0.4 is 10.2 Å². The molecule has 2 aliphatic rings. The molecule has 2 unspecified atom stereocenters. The van der Waals surface area contributed by atoms with E-state index in [9.17, 15) is 0 Å². The summed E-state index contributed by atoms with van der Waals surface area (Å²) in [5.41, 5.74) is 4.25. The van der Waals surface area contributed by atoms with Crippen LogP contribution in [0.4, 0.5) is 5.69 Å². The monoisotopic (exact) mass is 230 g/mol. The number of anilines is 1. The Balaban J connectivity index is 1.84. The summed E-state index contributed by atoms with van der Waals surface area (Å²) in [5.74, 6) is 1.70. The van der Waals surface area contributed by atoms with E-state index >= 15 is 0 Å². The largest absolute Gasteiger partial charge is 0.371 e. The summed E-state index contributed by atoms with van der Waals surface area (Å²) in [5, 5.41) is 3.56. The van der Waals surface area contributed by atoms with Gasteiger partial charge in [-0.3, -0.25) is 0 Å². The number of benzene rings is 1. The zero-order valence-corrected chi connectivity index (χ0v) is 10.9. The van der Waals surface area contributed by atoms with Crippen molar-refractivity contribution in [3.05, 3.63) is 29.3 Å². The van der Waals surface area contributed by atoms with Crippen LogP contribution in [0.5, 0.6) is 0 Å². The SMILES string of the molecule is Cc1ccc(N2CC3CNCC(C3)C2)c(C)c1. The van der Waals surface area contributed by atoms with Gasteiger partial charge in [-0.15, -0.1) is 0 Å². The predicted molar refractivity (Wildman–Crippen MR) is 72.6 cm³/mol. The summed E-state index contributed by atoms with van der Waals surface area (Å²) in [7, 11) is 0. The van der Waals surface area contributed by atoms with Crippen LogP contribution >= 0.6 is 0 Å². The lowest BCUT2D eigenvalue weighted by molar-refractivity contribution is 0.249. The Kier molecular flexibility index (Phi) is 2.83. The van der Waals surface area contributed by atoms with E-state index in [-0.39, 0.29) is 0 Å². The summed E-state index contributed by atoms with van der Waals surface area (Å²) in [6.45, 7) is 9.28. The van der Waals surface area contributed by atoms with Crippen LogP contribution in [0.2, 0.25) is 0 Å². The number of aryl methyl sites for hydroxylation is 2. The van der Waals surface area contributed by atoms with Gasteiger partial charge in [0.2, 0.25) is 0 Å². The van der Waals surface area contributed by atoms with Gasteiger partial charge in [0.05, 0.1) is 0 Å². The van der Waals surface area contributed by atoms with Gasteiger partial charge >= 0.3 is 0 Å². The molecule has 2 heteroatoms. The molecule has 2 atom stereocenters. The maximum Gasteiger partial charge on any atom is 0.0396 e. The van der Waals surface area contributed by atoms with Crippen LogP contribution in [0.3, 0.4) is 0 Å². The Morgan fingerprint density at radius 1 is 1.12 bits per heavy atom. The van der Waals surface area contributed by atoms with Gasteiger partial charge in [-0.05, 0) is 56.8 Å². The third-order valence-corrected chi connectivity index (χ3v) is 4.18. The minimum atomic E-state index is 0.850. The lowest BCUT2D eigenvalue weighted by Gasteiger charge is -2.43. The molecule has 1 N–H and O–H groups in total. The standard InChI is InChI=1S/C15H22N2/c1-11-3-4-15(12(2)5-11)17-9-13-6-14(10-17)8-16-7-13/h3-5,13-14,16H,6-10H2,1-2H3. The molecule has 0 aromatic heterocycles. The van der Waals surface area contributed by atoms with Crippen LogP contribution in [-0.4, -0.2) is 26.2 Å². The van der Waals surface area contributed by atoms with E-state index in [4.69, 9.17) is 0 Å². The first kappa shape index (κ1) is 11.1. The number of piperidine rings is 2. The Hall–Kier alpha value is -1.02. The molecule has 0 radical (unpaired) electrons. The molecule has 0 saturated carbocycles. The minimum absolute atomic E-state index is 0.850. The van der Waals surface area contributed by atoms with Crippen molar-refractivity contribution in [1.29, 1.82) is 0 Å². The predicted octanol–water partition coefficient (Wildman–Crippen LogP) is 2.35. The van der Waals surface area contributed by atoms with E-state index in [1.54, 1.807) is 0 Å². The van der Waals surface area contributed by atoms with Gasteiger partial charge in [-0.2, -0.15) is 0 Å². The number of fused-ring (bicyclic) bond motifs is 2. The summed E-state index contributed by atoms with van der Waals surface area (Å²) in [6, 6.07) is 6.85. The molecule has 2 nitrogen and oxygen atoms in total. The maximum atomic E-state index is 3.56. The summed E-state index contributed by atoms with van der Waals surface area (Å²) >= 11 is 0. The van der Waals surface area contributed by atoms with Crippen LogP contribution in [0.15, 0.2) is 18.2 Å². The topological polar surface area (TPSA) is 15.3 Å². The van der Waals surface area contributed by atoms with Crippen molar-refractivity contribution < 1.29 is 0 Å². The Labute approximate surface area is 104 Å². The molecule has 2 aliphatic heterocycles. The molecule has 92 valence electrons. The molecule has 17 heavy (non-hydrogen) atoms. The fourth-order valence-electron chi connectivity index (χ4n) is 3.46. The molecule has 2 heterocycles. The second-order valence-corrected chi connectivity index (χ2v) is 5.82. The van der Waals surface area contributed by atoms with Crippen LogP contribution in [0.25, 0.3) is 0 Å². The zero-order valence-electron chi connectivity index (χ0n) is 10.9. The van der Waals surface area contributed by atoms with Crippen LogP contribution in [-0.2, 0) is 0 Å². The molecule has 0 aliphatic carbocycles. The van der Waals surface area contributed by atoms with Crippen molar-refractivity contribution in [3.63, 3.8) is 0 Å². The number of nitrogens with one attached hydrogen (secondary N) is 1. The zero-order chi connectivity index (χ0) is 11.8. The van der Waals surface area contributed by atoms with E-state index in [2.05, 4.69) is 42.3 Å². The lowest BCUT2D eigenvalue weighted by atomic mass is 9.85. The highest BCUT2D eigenvalue weighted by atomic mass is 15.2. The van der Waals surface area contributed by atoms with Gasteiger partial charge in [0.15, 0.2) is 0 Å². The molecule has 2 saturated heterocycles. The second-order valence-electron chi connectivity index (χ2n) is 5.82. The molecular formula is C15H22N2. The normalized spacial score (nSPS) is 28.2. The van der Waals surface area contributed by atoms with Crippen molar-refractivity contribution in [3.8, 4) is 0 Å².